The molecule has 1 aliphatic rings. The number of benzene rings is 3. The molecule has 0 amide bonds. The number of nitrogens with zero attached hydrogens (tertiary/aromatic N) is 2. The van der Waals surface area contributed by atoms with E-state index in [1.807, 2.05) is 49.4 Å². The molecule has 5 rings (SSSR count). The lowest BCUT2D eigenvalue weighted by Gasteiger charge is -2.26. The first-order valence-electron chi connectivity index (χ1n) is 13.3. The second-order valence-electron chi connectivity index (χ2n) is 9.17. The normalized spacial score (nSPS) is 14.7. The fourth-order valence-electron chi connectivity index (χ4n) is 4.81. The van der Waals surface area contributed by atoms with E-state index in [0.717, 1.165) is 11.1 Å². The van der Waals surface area contributed by atoms with Gasteiger partial charge in [-0.05, 0) is 55.3 Å². The number of rotatable bonds is 9. The molecule has 0 fully saturated rings. The van der Waals surface area contributed by atoms with Crippen LogP contribution in [0.1, 0.15) is 36.6 Å². The van der Waals surface area contributed by atoms with Crippen molar-refractivity contribution in [3.63, 3.8) is 0 Å². The van der Waals surface area contributed by atoms with Crippen LogP contribution in [0, 0.1) is 0 Å². The van der Waals surface area contributed by atoms with E-state index in [4.69, 9.17) is 35.5 Å². The van der Waals surface area contributed by atoms with E-state index in [2.05, 4.69) is 0 Å². The van der Waals surface area contributed by atoms with Crippen molar-refractivity contribution in [1.29, 1.82) is 0 Å². The molecular formula is C32H29ClN2O6S. The molecular weight excluding hydrogens is 576 g/mol. The summed E-state index contributed by atoms with van der Waals surface area (Å²) in [5, 5.41) is 0.442. The maximum absolute atomic E-state index is 14.1. The third-order valence-electron chi connectivity index (χ3n) is 6.65. The van der Waals surface area contributed by atoms with Crippen LogP contribution >= 0.6 is 22.9 Å². The van der Waals surface area contributed by atoms with Gasteiger partial charge in [0, 0.05) is 5.56 Å². The number of methoxy groups -OCH3 is 2. The zero-order valence-electron chi connectivity index (χ0n) is 23.5. The van der Waals surface area contributed by atoms with E-state index in [1.54, 1.807) is 44.4 Å². The quantitative estimate of drug-likeness (QED) is 0.250. The zero-order valence-corrected chi connectivity index (χ0v) is 25.1. The molecule has 0 aliphatic carbocycles. The fourth-order valence-corrected chi connectivity index (χ4v) is 6.05. The fraction of sp³-hybridized carbons (Fsp3) is 0.219. The molecule has 8 nitrogen and oxygen atoms in total. The van der Waals surface area contributed by atoms with Gasteiger partial charge in [-0.25, -0.2) is 9.79 Å². The van der Waals surface area contributed by atoms with Crippen LogP contribution in [0.4, 0.5) is 0 Å². The molecule has 216 valence electrons. The molecule has 0 saturated heterocycles. The van der Waals surface area contributed by atoms with Crippen LogP contribution in [-0.2, 0) is 9.53 Å². The highest BCUT2D eigenvalue weighted by Gasteiger charge is 2.35. The molecule has 0 N–H and O–H groups in total. The summed E-state index contributed by atoms with van der Waals surface area (Å²) in [7, 11) is 3.08. The van der Waals surface area contributed by atoms with E-state index < -0.39 is 12.0 Å². The standard InChI is InChI=1S/C32H29ClN2O6S/c1-5-40-23-14-12-19(16-22(23)33)17-26-30(36)35-29(21-13-15-24(38-3)25(18-21)39-4)27(31(37)41-6-2)28(34-32(35)42-26)20-10-8-7-9-11-20/h7-18,29H,5-6H2,1-4H3/b26-17-/t29-/m1/s1. The Morgan fingerprint density at radius 1 is 0.976 bits per heavy atom. The van der Waals surface area contributed by atoms with Gasteiger partial charge in [-0.15, -0.1) is 0 Å². The SMILES string of the molecule is CCOC(=O)C1=C(c2ccccc2)N=c2s/c(=C\c3ccc(OCC)c(Cl)c3)c(=O)n2[C@@H]1c1ccc(OC)c(OC)c1. The largest absolute Gasteiger partial charge is 0.493 e. The van der Waals surface area contributed by atoms with Gasteiger partial charge in [-0.2, -0.15) is 0 Å². The molecule has 1 aromatic heterocycles. The highest BCUT2D eigenvalue weighted by molar-refractivity contribution is 7.07. The van der Waals surface area contributed by atoms with Gasteiger partial charge < -0.3 is 18.9 Å². The van der Waals surface area contributed by atoms with Gasteiger partial charge in [-0.1, -0.05) is 65.4 Å². The Bertz CT molecular complexity index is 1840. The maximum Gasteiger partial charge on any atom is 0.338 e. The number of hydrogen-bond donors (Lipinski definition) is 0. The number of carbonyl (C=O) groups is 1. The van der Waals surface area contributed by atoms with Crippen molar-refractivity contribution in [3.05, 3.63) is 114 Å². The molecule has 10 heteroatoms. The molecule has 0 spiro atoms. The molecule has 0 radical (unpaired) electrons. The lowest BCUT2D eigenvalue weighted by molar-refractivity contribution is -0.138. The average Bonchev–Trinajstić information content (AvgIpc) is 3.32. The number of fused-ring (bicyclic) bond motifs is 1. The second-order valence-corrected chi connectivity index (χ2v) is 10.6. The summed E-state index contributed by atoms with van der Waals surface area (Å²) in [4.78, 5) is 33.0. The minimum absolute atomic E-state index is 0.159. The Morgan fingerprint density at radius 2 is 1.71 bits per heavy atom. The summed E-state index contributed by atoms with van der Waals surface area (Å²) < 4.78 is 24.0. The highest BCUT2D eigenvalue weighted by Crippen LogP contribution is 2.38. The topological polar surface area (TPSA) is 88.4 Å². The molecule has 0 saturated carbocycles. The van der Waals surface area contributed by atoms with E-state index in [9.17, 15) is 9.59 Å². The predicted octanol–water partition coefficient (Wildman–Crippen LogP) is 5.00. The molecule has 0 unspecified atom stereocenters. The molecule has 1 aliphatic heterocycles. The van der Waals surface area contributed by atoms with Crippen molar-refractivity contribution in [1.82, 2.24) is 4.57 Å². The van der Waals surface area contributed by atoms with Crippen molar-refractivity contribution in [2.24, 2.45) is 4.99 Å². The van der Waals surface area contributed by atoms with Crippen molar-refractivity contribution >= 4 is 40.7 Å². The van der Waals surface area contributed by atoms with E-state index in [1.165, 1.54) is 23.0 Å². The number of aromatic nitrogens is 1. The third-order valence-corrected chi connectivity index (χ3v) is 7.93. The lowest BCUT2D eigenvalue weighted by atomic mass is 9.93. The van der Waals surface area contributed by atoms with Gasteiger partial charge in [0.25, 0.3) is 5.56 Å². The number of esters is 1. The number of carbonyl (C=O) groups excluding carboxylic acids is 1. The van der Waals surface area contributed by atoms with E-state index in [-0.39, 0.29) is 17.7 Å². The van der Waals surface area contributed by atoms with Crippen LogP contribution in [-0.4, -0.2) is 38.0 Å². The number of halogens is 1. The van der Waals surface area contributed by atoms with Crippen molar-refractivity contribution in [2.75, 3.05) is 27.4 Å². The summed E-state index contributed by atoms with van der Waals surface area (Å²) in [6.45, 7) is 4.27. The minimum Gasteiger partial charge on any atom is -0.493 e. The van der Waals surface area contributed by atoms with Gasteiger partial charge in [0.05, 0.1) is 54.3 Å². The minimum atomic E-state index is -0.846. The van der Waals surface area contributed by atoms with Crippen molar-refractivity contribution < 1.29 is 23.7 Å². The van der Waals surface area contributed by atoms with Gasteiger partial charge >= 0.3 is 5.97 Å². The molecule has 4 aromatic rings. The van der Waals surface area contributed by atoms with Crippen LogP contribution < -0.4 is 29.1 Å². The Morgan fingerprint density at radius 3 is 2.38 bits per heavy atom. The first kappa shape index (κ1) is 29.2. The lowest BCUT2D eigenvalue weighted by Crippen LogP contribution is -2.40. The van der Waals surface area contributed by atoms with Gasteiger partial charge in [0.1, 0.15) is 5.75 Å². The molecule has 42 heavy (non-hydrogen) atoms. The van der Waals surface area contributed by atoms with Crippen molar-refractivity contribution in [3.8, 4) is 17.2 Å². The maximum atomic E-state index is 14.1. The van der Waals surface area contributed by atoms with E-state index >= 15 is 0 Å². The molecule has 3 aromatic carbocycles. The Labute approximate surface area is 251 Å². The first-order chi connectivity index (χ1) is 20.4. The number of hydrogen-bond acceptors (Lipinski definition) is 8. The molecule has 0 bridgehead atoms. The summed E-state index contributed by atoms with van der Waals surface area (Å²) >= 11 is 7.65. The van der Waals surface area contributed by atoms with Gasteiger partial charge in [0.2, 0.25) is 0 Å². The third kappa shape index (κ3) is 5.57. The highest BCUT2D eigenvalue weighted by atomic mass is 35.5. The molecule has 1 atom stereocenters. The van der Waals surface area contributed by atoms with Gasteiger partial charge in [-0.3, -0.25) is 9.36 Å². The molecule has 2 heterocycles. The monoisotopic (exact) mass is 604 g/mol. The summed E-state index contributed by atoms with van der Waals surface area (Å²) in [6, 6.07) is 19.2. The first-order valence-corrected chi connectivity index (χ1v) is 14.5. The van der Waals surface area contributed by atoms with Crippen LogP contribution in [0.25, 0.3) is 11.8 Å². The van der Waals surface area contributed by atoms with Gasteiger partial charge in [0.15, 0.2) is 16.3 Å². The van der Waals surface area contributed by atoms with E-state index in [0.29, 0.717) is 49.5 Å². The Kier molecular flexibility index (Phi) is 8.80. The zero-order chi connectivity index (χ0) is 29.8. The van der Waals surface area contributed by atoms with Crippen LogP contribution in [0.15, 0.2) is 82.1 Å². The van der Waals surface area contributed by atoms with Crippen molar-refractivity contribution in [2.45, 2.75) is 19.9 Å². The predicted molar refractivity (Wildman–Crippen MR) is 163 cm³/mol. The smallest absolute Gasteiger partial charge is 0.338 e. The second kappa shape index (κ2) is 12.7. The summed E-state index contributed by atoms with van der Waals surface area (Å²) in [5.74, 6) is 0.985. The number of thiazole rings is 1. The van der Waals surface area contributed by atoms with Crippen LogP contribution in [0.2, 0.25) is 5.02 Å². The average molecular weight is 605 g/mol. The van der Waals surface area contributed by atoms with Crippen LogP contribution in [0.5, 0.6) is 17.2 Å². The summed E-state index contributed by atoms with van der Waals surface area (Å²) in [6.07, 6.45) is 1.76. The van der Waals surface area contributed by atoms with Crippen LogP contribution in [0.3, 0.4) is 0 Å². The number of ether oxygens (including phenoxy) is 4. The Hall–Kier alpha value is -4.34. The Balaban J connectivity index is 1.80. The summed E-state index contributed by atoms with van der Waals surface area (Å²) in [5.41, 5.74) is 2.46.